The van der Waals surface area contributed by atoms with E-state index >= 15 is 0 Å². The second-order valence-electron chi connectivity index (χ2n) is 5.88. The molecule has 0 fully saturated rings. The quantitative estimate of drug-likeness (QED) is 0.427. The number of carbonyl (C=O) groups excluding carboxylic acids is 1. The van der Waals surface area contributed by atoms with Gasteiger partial charge in [-0.2, -0.15) is 8.78 Å². The maximum Gasteiger partial charge on any atom is 0.387 e. The highest BCUT2D eigenvalue weighted by Gasteiger charge is 2.14. The van der Waals surface area contributed by atoms with Gasteiger partial charge in [-0.3, -0.25) is 4.79 Å². The second kappa shape index (κ2) is 9.10. The Bertz CT molecular complexity index is 1010. The molecule has 0 spiro atoms. The molecule has 0 saturated carbocycles. The lowest BCUT2D eigenvalue weighted by molar-refractivity contribution is -0.113. The summed E-state index contributed by atoms with van der Waals surface area (Å²) in [6.45, 7) is -1.03. The van der Waals surface area contributed by atoms with Crippen LogP contribution in [0.5, 0.6) is 5.75 Å². The van der Waals surface area contributed by atoms with Gasteiger partial charge in [0, 0.05) is 16.3 Å². The summed E-state index contributed by atoms with van der Waals surface area (Å²) in [6, 6.07) is 11.1. The fourth-order valence-corrected chi connectivity index (χ4v) is 3.19. The molecular formula is C18H16ClF2N5O2S. The number of nitrogens with one attached hydrogen (secondary N) is 1. The standard InChI is InChI=1S/C18H16ClF2N5O2S/c1-10-2-5-12(8-14(10)19)23-15(27)9-29-18-25-24-16(26(18)22)11-3-6-13(7-4-11)28-17(20)21/h2-8,17H,9,22H2,1H3,(H,23,27). The molecule has 0 atom stereocenters. The van der Waals surface area contributed by atoms with Crippen LogP contribution < -0.4 is 15.9 Å². The normalized spacial score (nSPS) is 10.9. The van der Waals surface area contributed by atoms with Crippen molar-refractivity contribution in [2.75, 3.05) is 16.9 Å². The Morgan fingerprint density at radius 1 is 1.28 bits per heavy atom. The van der Waals surface area contributed by atoms with Crippen LogP contribution in [0, 0.1) is 6.92 Å². The van der Waals surface area contributed by atoms with Crippen molar-refractivity contribution >= 4 is 35.0 Å². The van der Waals surface area contributed by atoms with Crippen molar-refractivity contribution in [1.82, 2.24) is 14.9 Å². The summed E-state index contributed by atoms with van der Waals surface area (Å²) in [5.41, 5.74) is 2.07. The number of alkyl halides is 2. The Kier molecular flexibility index (Phi) is 6.55. The first-order valence-electron chi connectivity index (χ1n) is 8.28. The minimum atomic E-state index is -2.90. The van der Waals surface area contributed by atoms with Crippen molar-refractivity contribution < 1.29 is 18.3 Å². The Morgan fingerprint density at radius 3 is 2.66 bits per heavy atom. The number of nitrogens with zero attached hydrogens (tertiary/aromatic N) is 3. The van der Waals surface area contributed by atoms with Crippen LogP contribution in [-0.2, 0) is 4.79 Å². The third-order valence-electron chi connectivity index (χ3n) is 3.79. The number of ether oxygens (including phenoxy) is 1. The van der Waals surface area contributed by atoms with Gasteiger partial charge in [-0.25, -0.2) is 4.68 Å². The molecule has 3 rings (SSSR count). The minimum Gasteiger partial charge on any atom is -0.435 e. The van der Waals surface area contributed by atoms with E-state index in [2.05, 4.69) is 20.3 Å². The van der Waals surface area contributed by atoms with Gasteiger partial charge in [0.25, 0.3) is 0 Å². The molecule has 0 aliphatic heterocycles. The molecule has 3 aromatic rings. The number of nitrogens with two attached hydrogens (primary N) is 1. The van der Waals surface area contributed by atoms with Gasteiger partial charge >= 0.3 is 6.61 Å². The maximum absolute atomic E-state index is 12.2. The molecule has 7 nitrogen and oxygen atoms in total. The number of hydrogen-bond donors (Lipinski definition) is 2. The molecule has 2 aromatic carbocycles. The van der Waals surface area contributed by atoms with E-state index < -0.39 is 6.61 Å². The Hall–Kier alpha value is -2.85. The van der Waals surface area contributed by atoms with E-state index in [4.69, 9.17) is 17.4 Å². The number of anilines is 1. The molecule has 1 aromatic heterocycles. The average Bonchev–Trinajstić information content (AvgIpc) is 3.04. The summed E-state index contributed by atoms with van der Waals surface area (Å²) in [7, 11) is 0. The summed E-state index contributed by atoms with van der Waals surface area (Å²) < 4.78 is 30.0. The lowest BCUT2D eigenvalue weighted by atomic mass is 10.2. The van der Waals surface area contributed by atoms with E-state index in [0.717, 1.165) is 17.3 Å². The van der Waals surface area contributed by atoms with E-state index in [-0.39, 0.29) is 17.4 Å². The van der Waals surface area contributed by atoms with Crippen LogP contribution in [0.4, 0.5) is 14.5 Å². The molecule has 3 N–H and O–H groups in total. The number of benzene rings is 2. The number of rotatable bonds is 7. The summed E-state index contributed by atoms with van der Waals surface area (Å²) in [6.07, 6.45) is 0. The lowest BCUT2D eigenvalue weighted by Gasteiger charge is -2.07. The first kappa shape index (κ1) is 20.9. The lowest BCUT2D eigenvalue weighted by Crippen LogP contribution is -2.16. The zero-order valence-electron chi connectivity index (χ0n) is 15.1. The fraction of sp³-hybridized carbons (Fsp3) is 0.167. The summed E-state index contributed by atoms with van der Waals surface area (Å²) in [5.74, 6) is 6.14. The Morgan fingerprint density at radius 2 is 2.00 bits per heavy atom. The van der Waals surface area contributed by atoms with Gasteiger partial charge in [0.1, 0.15) is 5.75 Å². The van der Waals surface area contributed by atoms with Gasteiger partial charge in [0.05, 0.1) is 5.75 Å². The van der Waals surface area contributed by atoms with E-state index in [0.29, 0.717) is 27.3 Å². The van der Waals surface area contributed by atoms with Crippen LogP contribution >= 0.6 is 23.4 Å². The highest BCUT2D eigenvalue weighted by Crippen LogP contribution is 2.25. The van der Waals surface area contributed by atoms with Gasteiger partial charge < -0.3 is 15.9 Å². The van der Waals surface area contributed by atoms with Gasteiger partial charge in [0.2, 0.25) is 11.1 Å². The molecule has 11 heteroatoms. The van der Waals surface area contributed by atoms with Crippen molar-refractivity contribution in [3.8, 4) is 17.1 Å². The number of hydrogen-bond acceptors (Lipinski definition) is 6. The van der Waals surface area contributed by atoms with Crippen LogP contribution in [-0.4, -0.2) is 33.1 Å². The number of nitrogen functional groups attached to an aromatic ring is 1. The van der Waals surface area contributed by atoms with Crippen LogP contribution in [0.15, 0.2) is 47.6 Å². The molecule has 0 radical (unpaired) electrons. The zero-order chi connectivity index (χ0) is 21.0. The summed E-state index contributed by atoms with van der Waals surface area (Å²) >= 11 is 7.15. The van der Waals surface area contributed by atoms with Crippen LogP contribution in [0.2, 0.25) is 5.02 Å². The Balaban J connectivity index is 1.62. The smallest absolute Gasteiger partial charge is 0.387 e. The molecular weight excluding hydrogens is 424 g/mol. The summed E-state index contributed by atoms with van der Waals surface area (Å²) in [5, 5.41) is 11.6. The average molecular weight is 440 g/mol. The van der Waals surface area contributed by atoms with Crippen molar-refractivity contribution in [1.29, 1.82) is 0 Å². The number of halogens is 3. The topological polar surface area (TPSA) is 95.1 Å². The molecule has 0 aliphatic carbocycles. The minimum absolute atomic E-state index is 0.0225. The molecule has 1 amide bonds. The summed E-state index contributed by atoms with van der Waals surface area (Å²) in [4.78, 5) is 12.1. The maximum atomic E-state index is 12.2. The number of thioether (sulfide) groups is 1. The molecule has 29 heavy (non-hydrogen) atoms. The van der Waals surface area contributed by atoms with E-state index in [1.165, 1.54) is 28.9 Å². The largest absolute Gasteiger partial charge is 0.435 e. The van der Waals surface area contributed by atoms with Gasteiger partial charge in [0.15, 0.2) is 5.82 Å². The molecule has 0 saturated heterocycles. The third kappa shape index (κ3) is 5.36. The molecule has 0 aliphatic rings. The third-order valence-corrected chi connectivity index (χ3v) is 5.14. The molecule has 0 unspecified atom stereocenters. The SMILES string of the molecule is Cc1ccc(NC(=O)CSc2nnc(-c3ccc(OC(F)F)cc3)n2N)cc1Cl. The predicted molar refractivity (Wildman–Crippen MR) is 108 cm³/mol. The van der Waals surface area contributed by atoms with E-state index in [9.17, 15) is 13.6 Å². The zero-order valence-corrected chi connectivity index (χ0v) is 16.7. The van der Waals surface area contributed by atoms with Crippen LogP contribution in [0.25, 0.3) is 11.4 Å². The van der Waals surface area contributed by atoms with Crippen molar-refractivity contribution in [3.05, 3.63) is 53.1 Å². The molecule has 1 heterocycles. The monoisotopic (exact) mass is 439 g/mol. The number of aryl methyl sites for hydroxylation is 1. The van der Waals surface area contributed by atoms with Gasteiger partial charge in [-0.15, -0.1) is 10.2 Å². The first-order chi connectivity index (χ1) is 13.8. The van der Waals surface area contributed by atoms with Crippen LogP contribution in [0.1, 0.15) is 5.56 Å². The van der Waals surface area contributed by atoms with Crippen LogP contribution in [0.3, 0.4) is 0 Å². The van der Waals surface area contributed by atoms with Crippen molar-refractivity contribution in [2.45, 2.75) is 18.7 Å². The second-order valence-corrected chi connectivity index (χ2v) is 7.23. The van der Waals surface area contributed by atoms with Crippen molar-refractivity contribution in [2.24, 2.45) is 0 Å². The number of carbonyl (C=O) groups is 1. The first-order valence-corrected chi connectivity index (χ1v) is 9.64. The highest BCUT2D eigenvalue weighted by atomic mass is 35.5. The molecule has 0 bridgehead atoms. The highest BCUT2D eigenvalue weighted by molar-refractivity contribution is 7.99. The van der Waals surface area contributed by atoms with Gasteiger partial charge in [-0.05, 0) is 48.9 Å². The van der Waals surface area contributed by atoms with Crippen molar-refractivity contribution in [3.63, 3.8) is 0 Å². The fourth-order valence-electron chi connectivity index (χ4n) is 2.36. The number of amides is 1. The van der Waals surface area contributed by atoms with E-state index in [1.807, 2.05) is 13.0 Å². The van der Waals surface area contributed by atoms with E-state index in [1.54, 1.807) is 12.1 Å². The van der Waals surface area contributed by atoms with Gasteiger partial charge in [-0.1, -0.05) is 29.4 Å². The predicted octanol–water partition coefficient (Wildman–Crippen LogP) is 3.95. The number of aromatic nitrogens is 3. The molecule has 152 valence electrons. The Labute approximate surface area is 174 Å².